The quantitative estimate of drug-likeness (QED) is 0.340. The summed E-state index contributed by atoms with van der Waals surface area (Å²) in [6, 6.07) is 10.8. The monoisotopic (exact) mass is 575 g/mol. The van der Waals surface area contributed by atoms with Gasteiger partial charge in [0.2, 0.25) is 21.8 Å². The maximum Gasteiger partial charge on any atom is 0.242 e. The number of benzene rings is 2. The van der Waals surface area contributed by atoms with Gasteiger partial charge in [-0.05, 0) is 61.2 Å². The van der Waals surface area contributed by atoms with E-state index in [1.165, 1.54) is 9.21 Å². The topological polar surface area (TPSA) is 86.8 Å². The van der Waals surface area contributed by atoms with Crippen molar-refractivity contribution in [1.82, 2.24) is 10.2 Å². The highest BCUT2D eigenvalue weighted by Crippen LogP contribution is 2.25. The van der Waals surface area contributed by atoms with E-state index in [-0.39, 0.29) is 37.7 Å². The predicted molar refractivity (Wildman–Crippen MR) is 147 cm³/mol. The fraction of sp³-hybridized carbons (Fsp3) is 0.440. The fourth-order valence-electron chi connectivity index (χ4n) is 3.73. The van der Waals surface area contributed by atoms with Gasteiger partial charge in [0, 0.05) is 41.1 Å². The van der Waals surface area contributed by atoms with Crippen LogP contribution in [0.3, 0.4) is 0 Å². The summed E-state index contributed by atoms with van der Waals surface area (Å²) in [4.78, 5) is 27.8. The normalized spacial score (nSPS) is 12.2. The molecule has 198 valence electrons. The zero-order valence-corrected chi connectivity index (χ0v) is 23.7. The molecule has 7 nitrogen and oxygen atoms in total. The largest absolute Gasteiger partial charge is 0.354 e. The number of amides is 2. The van der Waals surface area contributed by atoms with E-state index in [4.69, 9.17) is 34.8 Å². The summed E-state index contributed by atoms with van der Waals surface area (Å²) in [6.07, 6.45) is 2.59. The Labute approximate surface area is 228 Å². The lowest BCUT2D eigenvalue weighted by atomic mass is 10.1. The Morgan fingerprint density at radius 3 is 2.19 bits per heavy atom. The zero-order valence-electron chi connectivity index (χ0n) is 20.6. The Morgan fingerprint density at radius 1 is 1.00 bits per heavy atom. The van der Waals surface area contributed by atoms with Gasteiger partial charge in [-0.3, -0.25) is 13.9 Å². The molecular weight excluding hydrogens is 545 g/mol. The first-order chi connectivity index (χ1) is 17.0. The predicted octanol–water partition coefficient (Wildman–Crippen LogP) is 5.53. The van der Waals surface area contributed by atoms with E-state index in [9.17, 15) is 18.0 Å². The second-order valence-corrected chi connectivity index (χ2v) is 11.6. The number of nitrogens with zero attached hydrogens (tertiary/aromatic N) is 2. The Hall–Kier alpha value is -2.00. The van der Waals surface area contributed by atoms with E-state index in [1.54, 1.807) is 42.5 Å². The Morgan fingerprint density at radius 2 is 1.64 bits per heavy atom. The molecule has 0 aliphatic carbocycles. The first-order valence-corrected chi connectivity index (χ1v) is 14.7. The number of halogens is 3. The standard InChI is InChI=1S/C25H32Cl3N3O4S/c1-4-14-29-25(33)23(5-2)30(17-18-8-9-20(27)16-22(18)28)24(32)7-6-15-31(36(3,34)35)21-12-10-19(26)11-13-21/h8-13,16,23H,4-7,14-15,17H2,1-3H3,(H,29,33)/t23-/m0/s1. The smallest absolute Gasteiger partial charge is 0.242 e. The minimum atomic E-state index is -3.58. The Kier molecular flexibility index (Phi) is 11.8. The van der Waals surface area contributed by atoms with E-state index < -0.39 is 16.1 Å². The van der Waals surface area contributed by atoms with Gasteiger partial charge in [-0.15, -0.1) is 0 Å². The molecule has 2 aromatic carbocycles. The van der Waals surface area contributed by atoms with Crippen molar-refractivity contribution >= 4 is 62.3 Å². The lowest BCUT2D eigenvalue weighted by molar-refractivity contribution is -0.141. The lowest BCUT2D eigenvalue weighted by Crippen LogP contribution is -2.49. The summed E-state index contributed by atoms with van der Waals surface area (Å²) in [5, 5.41) is 4.22. The van der Waals surface area contributed by atoms with E-state index in [0.29, 0.717) is 39.3 Å². The van der Waals surface area contributed by atoms with Crippen molar-refractivity contribution in [2.24, 2.45) is 0 Å². The molecule has 1 atom stereocenters. The molecule has 1 N–H and O–H groups in total. The summed E-state index contributed by atoms with van der Waals surface area (Å²) in [5.74, 6) is -0.513. The molecule has 2 rings (SSSR count). The van der Waals surface area contributed by atoms with Crippen LogP contribution < -0.4 is 9.62 Å². The number of hydrogen-bond acceptors (Lipinski definition) is 4. The maximum absolute atomic E-state index is 13.4. The van der Waals surface area contributed by atoms with E-state index in [1.807, 2.05) is 13.8 Å². The van der Waals surface area contributed by atoms with Gasteiger partial charge >= 0.3 is 0 Å². The van der Waals surface area contributed by atoms with Gasteiger partial charge in [0.1, 0.15) is 6.04 Å². The molecule has 0 unspecified atom stereocenters. The van der Waals surface area contributed by atoms with Crippen molar-refractivity contribution in [2.45, 2.75) is 52.1 Å². The molecule has 2 amide bonds. The number of rotatable bonds is 13. The molecule has 36 heavy (non-hydrogen) atoms. The van der Waals surface area contributed by atoms with Crippen LogP contribution in [0, 0.1) is 0 Å². The van der Waals surface area contributed by atoms with Crippen LogP contribution in [0.2, 0.25) is 15.1 Å². The molecule has 11 heteroatoms. The van der Waals surface area contributed by atoms with Crippen LogP contribution in [-0.2, 0) is 26.2 Å². The van der Waals surface area contributed by atoms with Gasteiger partial charge in [-0.2, -0.15) is 0 Å². The van der Waals surface area contributed by atoms with Gasteiger partial charge in [0.15, 0.2) is 0 Å². The number of anilines is 1. The van der Waals surface area contributed by atoms with E-state index >= 15 is 0 Å². The van der Waals surface area contributed by atoms with Crippen LogP contribution in [0.4, 0.5) is 5.69 Å². The van der Waals surface area contributed by atoms with Gasteiger partial charge in [-0.1, -0.05) is 54.7 Å². The van der Waals surface area contributed by atoms with Gasteiger partial charge in [0.05, 0.1) is 11.9 Å². The fourth-order valence-corrected chi connectivity index (χ4v) is 5.29. The minimum Gasteiger partial charge on any atom is -0.354 e. The zero-order chi connectivity index (χ0) is 26.9. The Balaban J connectivity index is 2.23. The molecule has 0 bridgehead atoms. The van der Waals surface area contributed by atoms with Gasteiger partial charge in [-0.25, -0.2) is 8.42 Å². The second-order valence-electron chi connectivity index (χ2n) is 8.39. The summed E-state index contributed by atoms with van der Waals surface area (Å²) < 4.78 is 26.0. The van der Waals surface area contributed by atoms with Crippen molar-refractivity contribution in [3.63, 3.8) is 0 Å². The first kappa shape index (κ1) is 30.2. The molecule has 0 heterocycles. The first-order valence-electron chi connectivity index (χ1n) is 11.7. The van der Waals surface area contributed by atoms with Crippen molar-refractivity contribution in [3.05, 3.63) is 63.1 Å². The van der Waals surface area contributed by atoms with Crippen LogP contribution in [0.1, 0.15) is 45.1 Å². The second kappa shape index (κ2) is 14.1. The SMILES string of the molecule is CCCNC(=O)[C@H](CC)N(Cc1ccc(Cl)cc1Cl)C(=O)CCCN(c1ccc(Cl)cc1)S(C)(=O)=O. The molecule has 0 saturated heterocycles. The molecule has 0 aliphatic heterocycles. The van der Waals surface area contributed by atoms with Gasteiger partial charge < -0.3 is 10.2 Å². The molecule has 0 saturated carbocycles. The van der Waals surface area contributed by atoms with Crippen LogP contribution in [0.5, 0.6) is 0 Å². The summed E-state index contributed by atoms with van der Waals surface area (Å²) in [5.41, 5.74) is 1.12. The Bertz CT molecular complexity index is 1140. The van der Waals surface area contributed by atoms with E-state index in [0.717, 1.165) is 12.7 Å². The van der Waals surface area contributed by atoms with Crippen LogP contribution in [-0.4, -0.2) is 50.5 Å². The highest BCUT2D eigenvalue weighted by molar-refractivity contribution is 7.92. The third-order valence-corrected chi connectivity index (χ3v) is 7.59. The van der Waals surface area contributed by atoms with Crippen LogP contribution in [0.25, 0.3) is 0 Å². The number of hydrogen-bond donors (Lipinski definition) is 1. The van der Waals surface area contributed by atoms with Crippen molar-refractivity contribution in [2.75, 3.05) is 23.7 Å². The van der Waals surface area contributed by atoms with Crippen molar-refractivity contribution in [3.8, 4) is 0 Å². The highest BCUT2D eigenvalue weighted by atomic mass is 35.5. The summed E-state index contributed by atoms with van der Waals surface area (Å²) >= 11 is 18.3. The number of nitrogens with one attached hydrogen (secondary N) is 1. The lowest BCUT2D eigenvalue weighted by Gasteiger charge is -2.31. The molecule has 0 radical (unpaired) electrons. The van der Waals surface area contributed by atoms with E-state index in [2.05, 4.69) is 5.32 Å². The molecule has 0 aromatic heterocycles. The molecular formula is C25H32Cl3N3O4S. The van der Waals surface area contributed by atoms with Crippen LogP contribution >= 0.6 is 34.8 Å². The average Bonchev–Trinajstić information content (AvgIpc) is 2.81. The number of sulfonamides is 1. The third-order valence-electron chi connectivity index (χ3n) is 5.56. The highest BCUT2D eigenvalue weighted by Gasteiger charge is 2.29. The molecule has 2 aromatic rings. The number of carbonyl (C=O) groups excluding carboxylic acids is 2. The molecule has 0 fully saturated rings. The third kappa shape index (κ3) is 8.83. The maximum atomic E-state index is 13.4. The summed E-state index contributed by atoms with van der Waals surface area (Å²) in [6.45, 7) is 4.52. The van der Waals surface area contributed by atoms with Crippen LogP contribution in [0.15, 0.2) is 42.5 Å². The molecule has 0 spiro atoms. The number of carbonyl (C=O) groups is 2. The summed E-state index contributed by atoms with van der Waals surface area (Å²) in [7, 11) is -3.58. The average molecular weight is 577 g/mol. The van der Waals surface area contributed by atoms with Gasteiger partial charge in [0.25, 0.3) is 0 Å². The minimum absolute atomic E-state index is 0.0440. The van der Waals surface area contributed by atoms with Crippen molar-refractivity contribution < 1.29 is 18.0 Å². The molecule has 0 aliphatic rings. The van der Waals surface area contributed by atoms with Crippen molar-refractivity contribution in [1.29, 1.82) is 0 Å².